The summed E-state index contributed by atoms with van der Waals surface area (Å²) in [7, 11) is 0. The van der Waals surface area contributed by atoms with Crippen LogP contribution in [0.4, 0.5) is 0 Å². The van der Waals surface area contributed by atoms with Gasteiger partial charge >= 0.3 is 0 Å². The summed E-state index contributed by atoms with van der Waals surface area (Å²) in [4.78, 5) is 0. The van der Waals surface area contributed by atoms with E-state index in [4.69, 9.17) is 5.73 Å². The van der Waals surface area contributed by atoms with Crippen molar-refractivity contribution in [3.8, 4) is 0 Å². The molecule has 0 aromatic rings. The first-order chi connectivity index (χ1) is 11.2. The Balaban J connectivity index is 4.15. The van der Waals surface area contributed by atoms with Crippen LogP contribution < -0.4 is 5.73 Å². The van der Waals surface area contributed by atoms with E-state index < -0.39 is 0 Å². The summed E-state index contributed by atoms with van der Waals surface area (Å²) in [5.74, 6) is 4.10. The Bertz CT molecular complexity index is 290. The van der Waals surface area contributed by atoms with Crippen LogP contribution in [-0.2, 0) is 0 Å². The molecule has 0 aromatic heterocycles. The highest BCUT2D eigenvalue weighted by Crippen LogP contribution is 2.41. The van der Waals surface area contributed by atoms with E-state index in [0.717, 1.165) is 36.1 Å². The number of nitrogens with two attached hydrogens (primary N) is 1. The third-order valence-corrected chi connectivity index (χ3v) is 6.40. The molecule has 0 rings (SSSR count). The predicted molar refractivity (Wildman–Crippen MR) is 111 cm³/mol. The van der Waals surface area contributed by atoms with Gasteiger partial charge in [-0.15, -0.1) is 0 Å². The zero-order valence-electron chi connectivity index (χ0n) is 18.3. The van der Waals surface area contributed by atoms with Gasteiger partial charge in [-0.1, -0.05) is 87.5 Å². The van der Waals surface area contributed by atoms with Gasteiger partial charge in [0.2, 0.25) is 0 Å². The minimum atomic E-state index is 0.470. The van der Waals surface area contributed by atoms with Crippen molar-refractivity contribution in [1.82, 2.24) is 0 Å². The quantitative estimate of drug-likeness (QED) is 0.330. The third kappa shape index (κ3) is 9.44. The first-order valence-electron chi connectivity index (χ1n) is 10.9. The van der Waals surface area contributed by atoms with Gasteiger partial charge in [0, 0.05) is 0 Å². The molecule has 0 radical (unpaired) electrons. The van der Waals surface area contributed by atoms with Crippen molar-refractivity contribution in [2.75, 3.05) is 6.54 Å². The lowest BCUT2D eigenvalue weighted by Crippen LogP contribution is -2.30. The minimum Gasteiger partial charge on any atom is -0.330 e. The summed E-state index contributed by atoms with van der Waals surface area (Å²) in [5.41, 5.74) is 6.28. The third-order valence-electron chi connectivity index (χ3n) is 6.40. The molecule has 0 amide bonds. The molecule has 24 heavy (non-hydrogen) atoms. The van der Waals surface area contributed by atoms with Crippen LogP contribution in [0.5, 0.6) is 0 Å². The summed E-state index contributed by atoms with van der Waals surface area (Å²) in [5, 5.41) is 0. The average molecular weight is 340 g/mol. The first kappa shape index (κ1) is 24.0. The van der Waals surface area contributed by atoms with Crippen LogP contribution in [0.25, 0.3) is 0 Å². The van der Waals surface area contributed by atoms with Crippen LogP contribution in [0.15, 0.2) is 0 Å². The number of unbranched alkanes of at least 4 members (excludes halogenated alkanes) is 1. The van der Waals surface area contributed by atoms with Crippen LogP contribution >= 0.6 is 0 Å². The lowest BCUT2D eigenvalue weighted by Gasteiger charge is -2.39. The SMILES string of the molecule is CCC(CN)CCCCC(C)CC(C)CC(C)(C)C(CC)C(C)C. The Labute approximate surface area is 154 Å². The molecule has 2 N–H and O–H groups in total. The fourth-order valence-electron chi connectivity index (χ4n) is 5.28. The molecule has 0 aromatic carbocycles. The first-order valence-corrected chi connectivity index (χ1v) is 10.9. The van der Waals surface area contributed by atoms with Gasteiger partial charge in [0.15, 0.2) is 0 Å². The Hall–Kier alpha value is -0.0400. The maximum absolute atomic E-state index is 5.81. The fraction of sp³-hybridized carbons (Fsp3) is 1.00. The highest BCUT2D eigenvalue weighted by molar-refractivity contribution is 4.82. The Morgan fingerprint density at radius 2 is 1.42 bits per heavy atom. The summed E-state index contributed by atoms with van der Waals surface area (Å²) in [6, 6.07) is 0. The molecule has 0 saturated carbocycles. The molecule has 1 heteroatoms. The van der Waals surface area contributed by atoms with Gasteiger partial charge in [0.25, 0.3) is 0 Å². The molecular formula is C23H49N. The van der Waals surface area contributed by atoms with Gasteiger partial charge in [-0.3, -0.25) is 0 Å². The molecule has 0 aliphatic carbocycles. The molecular weight excluding hydrogens is 290 g/mol. The molecule has 0 bridgehead atoms. The molecule has 0 heterocycles. The zero-order chi connectivity index (χ0) is 18.8. The van der Waals surface area contributed by atoms with Crippen molar-refractivity contribution in [1.29, 1.82) is 0 Å². The van der Waals surface area contributed by atoms with E-state index in [1.165, 1.54) is 51.4 Å². The predicted octanol–water partition coefficient (Wildman–Crippen LogP) is 7.29. The maximum Gasteiger partial charge on any atom is -0.00490 e. The lowest BCUT2D eigenvalue weighted by molar-refractivity contribution is 0.111. The Morgan fingerprint density at radius 1 is 0.833 bits per heavy atom. The maximum atomic E-state index is 5.81. The second-order valence-corrected chi connectivity index (χ2v) is 9.69. The van der Waals surface area contributed by atoms with E-state index in [9.17, 15) is 0 Å². The van der Waals surface area contributed by atoms with Crippen LogP contribution in [0.2, 0.25) is 0 Å². The van der Waals surface area contributed by atoms with Gasteiger partial charge in [0.1, 0.15) is 0 Å². The van der Waals surface area contributed by atoms with E-state index in [1.54, 1.807) is 0 Å². The van der Waals surface area contributed by atoms with Crippen LogP contribution in [0.1, 0.15) is 107 Å². The van der Waals surface area contributed by atoms with Crippen molar-refractivity contribution in [2.45, 2.75) is 107 Å². The van der Waals surface area contributed by atoms with Gasteiger partial charge in [-0.25, -0.2) is 0 Å². The molecule has 0 aliphatic rings. The Kier molecular flexibility index (Phi) is 12.3. The van der Waals surface area contributed by atoms with Gasteiger partial charge in [-0.05, 0) is 60.8 Å². The lowest BCUT2D eigenvalue weighted by atomic mass is 9.66. The zero-order valence-corrected chi connectivity index (χ0v) is 18.3. The number of rotatable bonds is 14. The van der Waals surface area contributed by atoms with E-state index in [1.807, 2.05) is 0 Å². The summed E-state index contributed by atoms with van der Waals surface area (Å²) in [6.45, 7) is 20.2. The summed E-state index contributed by atoms with van der Waals surface area (Å²) < 4.78 is 0. The minimum absolute atomic E-state index is 0.470. The van der Waals surface area contributed by atoms with E-state index >= 15 is 0 Å². The van der Waals surface area contributed by atoms with Crippen LogP contribution in [-0.4, -0.2) is 6.54 Å². The molecule has 0 fully saturated rings. The van der Waals surface area contributed by atoms with Crippen molar-refractivity contribution >= 4 is 0 Å². The average Bonchev–Trinajstić information content (AvgIpc) is 2.46. The van der Waals surface area contributed by atoms with Crippen molar-refractivity contribution in [3.63, 3.8) is 0 Å². The monoisotopic (exact) mass is 339 g/mol. The van der Waals surface area contributed by atoms with Crippen molar-refractivity contribution < 1.29 is 0 Å². The molecule has 4 unspecified atom stereocenters. The number of hydrogen-bond donors (Lipinski definition) is 1. The van der Waals surface area contributed by atoms with Crippen molar-refractivity contribution in [2.24, 2.45) is 40.7 Å². The van der Waals surface area contributed by atoms with Crippen LogP contribution in [0.3, 0.4) is 0 Å². The molecule has 4 atom stereocenters. The Morgan fingerprint density at radius 3 is 1.88 bits per heavy atom. The van der Waals surface area contributed by atoms with Crippen molar-refractivity contribution in [3.05, 3.63) is 0 Å². The highest BCUT2D eigenvalue weighted by atomic mass is 14.5. The summed E-state index contributed by atoms with van der Waals surface area (Å²) >= 11 is 0. The highest BCUT2D eigenvalue weighted by Gasteiger charge is 2.31. The molecule has 0 saturated heterocycles. The molecule has 146 valence electrons. The van der Waals surface area contributed by atoms with Gasteiger partial charge in [-0.2, -0.15) is 0 Å². The second kappa shape index (κ2) is 12.3. The number of hydrogen-bond acceptors (Lipinski definition) is 1. The van der Waals surface area contributed by atoms with Crippen LogP contribution in [0, 0.1) is 35.0 Å². The smallest absolute Gasteiger partial charge is 0.00490 e. The fourth-order valence-corrected chi connectivity index (χ4v) is 5.28. The second-order valence-electron chi connectivity index (χ2n) is 9.69. The topological polar surface area (TPSA) is 26.0 Å². The normalized spacial score (nSPS) is 17.8. The van der Waals surface area contributed by atoms with Gasteiger partial charge in [0.05, 0.1) is 0 Å². The van der Waals surface area contributed by atoms with E-state index in [2.05, 4.69) is 55.4 Å². The largest absolute Gasteiger partial charge is 0.330 e. The molecule has 0 aliphatic heterocycles. The molecule has 1 nitrogen and oxygen atoms in total. The molecule has 0 spiro atoms. The van der Waals surface area contributed by atoms with Gasteiger partial charge < -0.3 is 5.73 Å². The van der Waals surface area contributed by atoms with E-state index in [0.29, 0.717) is 5.41 Å². The summed E-state index contributed by atoms with van der Waals surface area (Å²) in [6.07, 6.45) is 10.8. The van der Waals surface area contributed by atoms with E-state index in [-0.39, 0.29) is 0 Å². The standard InChI is InChI=1S/C23H49N/c1-9-21(17-24)14-12-11-13-19(5)15-20(6)16-23(7,8)22(10-2)18(3)4/h18-22H,9-17,24H2,1-8H3.